The van der Waals surface area contributed by atoms with Crippen LogP contribution in [0.2, 0.25) is 5.02 Å². The third-order valence-electron chi connectivity index (χ3n) is 6.38. The van der Waals surface area contributed by atoms with E-state index in [0.717, 1.165) is 16.6 Å². The predicted octanol–water partition coefficient (Wildman–Crippen LogP) is 6.50. The van der Waals surface area contributed by atoms with E-state index in [-0.39, 0.29) is 40.0 Å². The van der Waals surface area contributed by atoms with Crippen LogP contribution in [0.15, 0.2) is 47.4 Å². The summed E-state index contributed by atoms with van der Waals surface area (Å²) in [4.78, 5) is 20.7. The van der Waals surface area contributed by atoms with Crippen molar-refractivity contribution in [2.24, 2.45) is 5.92 Å². The molecule has 1 aliphatic heterocycles. The highest BCUT2D eigenvalue weighted by atomic mass is 35.5. The SMILES string of the molecule is CCS(=O)(=O)c1ccc(CC(=O)Nc2nc3c(s2)CN(Cc2ccc(C(F)(F)F)c(Cl)c2)[C@@H]3C(C)C)cc1. The molecule has 1 amide bonds. The van der Waals surface area contributed by atoms with E-state index in [1.165, 1.54) is 35.6 Å². The highest BCUT2D eigenvalue weighted by molar-refractivity contribution is 7.91. The summed E-state index contributed by atoms with van der Waals surface area (Å²) in [6.45, 7) is 6.64. The molecule has 4 rings (SSSR count). The fourth-order valence-electron chi connectivity index (χ4n) is 4.56. The summed E-state index contributed by atoms with van der Waals surface area (Å²) in [5.41, 5.74) is 1.36. The Hall–Kier alpha value is -2.47. The van der Waals surface area contributed by atoms with E-state index in [4.69, 9.17) is 11.6 Å². The molecule has 1 N–H and O–H groups in total. The molecule has 0 radical (unpaired) electrons. The lowest BCUT2D eigenvalue weighted by atomic mass is 10.0. The maximum absolute atomic E-state index is 13.1. The lowest BCUT2D eigenvalue weighted by Gasteiger charge is -2.28. The monoisotopic (exact) mass is 585 g/mol. The van der Waals surface area contributed by atoms with Gasteiger partial charge in [-0.15, -0.1) is 11.3 Å². The highest BCUT2D eigenvalue weighted by Crippen LogP contribution is 2.43. The lowest BCUT2D eigenvalue weighted by molar-refractivity contribution is -0.137. The van der Waals surface area contributed by atoms with Crippen LogP contribution in [0.5, 0.6) is 0 Å². The van der Waals surface area contributed by atoms with Crippen LogP contribution >= 0.6 is 22.9 Å². The van der Waals surface area contributed by atoms with Gasteiger partial charge in [0.1, 0.15) is 0 Å². The highest BCUT2D eigenvalue weighted by Gasteiger charge is 2.37. The predicted molar refractivity (Wildman–Crippen MR) is 142 cm³/mol. The summed E-state index contributed by atoms with van der Waals surface area (Å²) in [5, 5.41) is 2.99. The van der Waals surface area contributed by atoms with Crippen LogP contribution in [0.3, 0.4) is 0 Å². The van der Waals surface area contributed by atoms with Gasteiger partial charge in [0.2, 0.25) is 5.91 Å². The summed E-state index contributed by atoms with van der Waals surface area (Å²) in [5.74, 6) is -0.0837. The van der Waals surface area contributed by atoms with E-state index in [9.17, 15) is 26.4 Å². The summed E-state index contributed by atoms with van der Waals surface area (Å²) in [6.07, 6.45) is -4.43. The number of hydrogen-bond donors (Lipinski definition) is 1. The minimum atomic E-state index is -4.50. The largest absolute Gasteiger partial charge is 0.417 e. The maximum atomic E-state index is 13.1. The normalized spacial score (nSPS) is 16.2. The Morgan fingerprint density at radius 3 is 2.42 bits per heavy atom. The first-order valence-electron chi connectivity index (χ1n) is 12.0. The van der Waals surface area contributed by atoms with Crippen LogP contribution < -0.4 is 5.32 Å². The zero-order chi connectivity index (χ0) is 27.8. The zero-order valence-corrected chi connectivity index (χ0v) is 23.4. The van der Waals surface area contributed by atoms with Gasteiger partial charge in [0.05, 0.1) is 39.4 Å². The van der Waals surface area contributed by atoms with Gasteiger partial charge in [-0.25, -0.2) is 13.4 Å². The Bertz CT molecular complexity index is 1440. The Morgan fingerprint density at radius 1 is 1.18 bits per heavy atom. The molecule has 1 aromatic heterocycles. The standard InChI is InChI=1S/C26H27ClF3N3O3S2/c1-4-38(35,36)18-8-5-16(6-9-18)12-22(34)31-25-32-23-21(37-25)14-33(24(23)15(2)3)13-17-7-10-19(20(27)11-17)26(28,29)30/h5-11,15,24H,4,12-14H2,1-3H3,(H,31,32,34)/t24-/m1/s1. The molecule has 204 valence electrons. The molecule has 2 aromatic carbocycles. The summed E-state index contributed by atoms with van der Waals surface area (Å²) >= 11 is 7.29. The lowest BCUT2D eigenvalue weighted by Crippen LogP contribution is -2.26. The Balaban J connectivity index is 1.43. The second-order valence-corrected chi connectivity index (χ2v) is 13.3. The first-order valence-corrected chi connectivity index (χ1v) is 14.8. The average molecular weight is 586 g/mol. The molecule has 6 nitrogen and oxygen atoms in total. The molecule has 0 spiro atoms. The van der Waals surface area contributed by atoms with Crippen LogP contribution in [-0.2, 0) is 40.3 Å². The van der Waals surface area contributed by atoms with Gasteiger partial charge >= 0.3 is 6.18 Å². The van der Waals surface area contributed by atoms with Crippen LogP contribution in [0.4, 0.5) is 18.3 Å². The van der Waals surface area contributed by atoms with Crippen molar-refractivity contribution in [3.8, 4) is 0 Å². The van der Waals surface area contributed by atoms with Crippen LogP contribution in [0.25, 0.3) is 0 Å². The number of hydrogen-bond acceptors (Lipinski definition) is 6. The Kier molecular flexibility index (Phi) is 8.23. The molecule has 0 saturated heterocycles. The van der Waals surface area contributed by atoms with E-state index in [1.807, 2.05) is 13.8 Å². The fourth-order valence-corrected chi connectivity index (χ4v) is 6.80. The van der Waals surface area contributed by atoms with Crippen molar-refractivity contribution in [2.75, 3.05) is 11.1 Å². The minimum absolute atomic E-state index is 0.00836. The van der Waals surface area contributed by atoms with Crippen molar-refractivity contribution in [1.29, 1.82) is 0 Å². The van der Waals surface area contributed by atoms with Crippen molar-refractivity contribution in [1.82, 2.24) is 9.88 Å². The fraction of sp³-hybridized carbons (Fsp3) is 0.385. The van der Waals surface area contributed by atoms with E-state index in [2.05, 4.69) is 15.2 Å². The van der Waals surface area contributed by atoms with E-state index >= 15 is 0 Å². The van der Waals surface area contributed by atoms with E-state index < -0.39 is 21.6 Å². The summed E-state index contributed by atoms with van der Waals surface area (Å²) in [6, 6.07) is 10.0. The average Bonchev–Trinajstić information content (AvgIpc) is 3.34. The molecule has 1 atom stereocenters. The number of thiazole rings is 1. The van der Waals surface area contributed by atoms with Crippen molar-refractivity contribution >= 4 is 43.8 Å². The second-order valence-electron chi connectivity index (χ2n) is 9.51. The second kappa shape index (κ2) is 11.0. The van der Waals surface area contributed by atoms with Gasteiger partial charge in [0.15, 0.2) is 15.0 Å². The van der Waals surface area contributed by atoms with E-state index in [0.29, 0.717) is 29.3 Å². The van der Waals surface area contributed by atoms with Gasteiger partial charge in [-0.3, -0.25) is 9.69 Å². The molecule has 12 heteroatoms. The van der Waals surface area contributed by atoms with Gasteiger partial charge in [-0.05, 0) is 41.3 Å². The number of benzene rings is 2. The van der Waals surface area contributed by atoms with Gasteiger partial charge in [0.25, 0.3) is 0 Å². The molecular weight excluding hydrogens is 559 g/mol. The number of nitrogens with one attached hydrogen (secondary N) is 1. The quantitative estimate of drug-likeness (QED) is 0.326. The topological polar surface area (TPSA) is 79.4 Å². The number of carbonyl (C=O) groups excluding carboxylic acids is 1. The Labute approximate surface area is 228 Å². The third-order valence-corrected chi connectivity index (χ3v) is 9.41. The maximum Gasteiger partial charge on any atom is 0.417 e. The van der Waals surface area contributed by atoms with Crippen molar-refractivity contribution in [2.45, 2.75) is 57.4 Å². The number of amides is 1. The number of aromatic nitrogens is 1. The summed E-state index contributed by atoms with van der Waals surface area (Å²) in [7, 11) is -3.30. The number of alkyl halides is 3. The molecule has 0 unspecified atom stereocenters. The molecule has 2 heterocycles. The van der Waals surface area contributed by atoms with Gasteiger partial charge < -0.3 is 5.32 Å². The summed E-state index contributed by atoms with van der Waals surface area (Å²) < 4.78 is 63.1. The molecule has 3 aromatic rings. The van der Waals surface area contributed by atoms with E-state index in [1.54, 1.807) is 19.1 Å². The molecule has 0 fully saturated rings. The number of anilines is 1. The molecule has 38 heavy (non-hydrogen) atoms. The number of halogens is 4. The molecular formula is C26H27ClF3N3O3S2. The van der Waals surface area contributed by atoms with Crippen molar-refractivity contribution in [3.05, 3.63) is 74.7 Å². The zero-order valence-electron chi connectivity index (χ0n) is 21.0. The minimum Gasteiger partial charge on any atom is -0.302 e. The van der Waals surface area contributed by atoms with Crippen LogP contribution in [0, 0.1) is 5.92 Å². The van der Waals surface area contributed by atoms with Crippen LogP contribution in [0.1, 0.15) is 54.1 Å². The third kappa shape index (κ3) is 6.22. The first kappa shape index (κ1) is 28.5. The number of sulfone groups is 1. The molecule has 0 aliphatic carbocycles. The molecule has 0 bridgehead atoms. The van der Waals surface area contributed by atoms with Crippen LogP contribution in [-0.4, -0.2) is 30.0 Å². The van der Waals surface area contributed by atoms with Gasteiger partial charge in [-0.1, -0.05) is 50.6 Å². The smallest absolute Gasteiger partial charge is 0.302 e. The van der Waals surface area contributed by atoms with Crippen molar-refractivity contribution < 1.29 is 26.4 Å². The van der Waals surface area contributed by atoms with Gasteiger partial charge in [0, 0.05) is 18.0 Å². The first-order chi connectivity index (χ1) is 17.8. The van der Waals surface area contributed by atoms with Gasteiger partial charge in [-0.2, -0.15) is 13.2 Å². The number of rotatable bonds is 8. The van der Waals surface area contributed by atoms with Crippen molar-refractivity contribution in [3.63, 3.8) is 0 Å². The number of fused-ring (bicyclic) bond motifs is 1. The Morgan fingerprint density at radius 2 is 1.84 bits per heavy atom. The number of carbonyl (C=O) groups is 1. The molecule has 0 saturated carbocycles. The number of nitrogens with zero attached hydrogens (tertiary/aromatic N) is 2. The molecule has 1 aliphatic rings.